The molecule has 6 nitrogen and oxygen atoms in total. The minimum atomic E-state index is -0.856. The number of aromatic nitrogens is 1. The minimum absolute atomic E-state index is 0.181. The number of alkyl carbamates (subject to hydrolysis) is 1. The van der Waals surface area contributed by atoms with Crippen LogP contribution in [0.5, 0.6) is 0 Å². The van der Waals surface area contributed by atoms with Gasteiger partial charge in [0, 0.05) is 6.20 Å². The van der Waals surface area contributed by atoms with Crippen molar-refractivity contribution in [2.75, 3.05) is 0 Å². The average Bonchev–Trinajstić information content (AvgIpc) is 2.39. The van der Waals surface area contributed by atoms with Gasteiger partial charge in [0.25, 0.3) is 0 Å². The Labute approximate surface area is 137 Å². The van der Waals surface area contributed by atoms with Crippen LogP contribution in [0.1, 0.15) is 51.3 Å². The highest BCUT2D eigenvalue weighted by molar-refractivity contribution is 5.90. The maximum Gasteiger partial charge on any atom is 0.408 e. The van der Waals surface area contributed by atoms with Crippen LogP contribution >= 0.6 is 0 Å². The van der Waals surface area contributed by atoms with E-state index in [0.717, 1.165) is 17.7 Å². The minimum Gasteiger partial charge on any atom is -0.444 e. The molecule has 0 saturated heterocycles. The van der Waals surface area contributed by atoms with Crippen molar-refractivity contribution in [1.82, 2.24) is 15.6 Å². The molecule has 126 valence electrons. The zero-order valence-corrected chi connectivity index (χ0v) is 14.2. The Morgan fingerprint density at radius 1 is 1.35 bits per heavy atom. The second-order valence-corrected chi connectivity index (χ2v) is 7.01. The molecule has 0 radical (unpaired) electrons. The van der Waals surface area contributed by atoms with Gasteiger partial charge < -0.3 is 15.4 Å². The summed E-state index contributed by atoms with van der Waals surface area (Å²) in [5.74, 6) is -0.181. The Kier molecular flexibility index (Phi) is 4.92. The van der Waals surface area contributed by atoms with Crippen molar-refractivity contribution in [3.8, 4) is 0 Å². The number of hydrogen-bond acceptors (Lipinski definition) is 4. The second-order valence-electron chi connectivity index (χ2n) is 7.01. The molecule has 1 aliphatic carbocycles. The first-order chi connectivity index (χ1) is 10.7. The molecule has 0 atom stereocenters. The van der Waals surface area contributed by atoms with E-state index in [2.05, 4.69) is 15.6 Å². The zero-order valence-electron chi connectivity index (χ0n) is 14.2. The number of pyridine rings is 1. The molecule has 23 heavy (non-hydrogen) atoms. The van der Waals surface area contributed by atoms with Gasteiger partial charge in [-0.3, -0.25) is 9.78 Å². The molecule has 1 aromatic heterocycles. The number of ether oxygens (including phenoxy) is 1. The summed E-state index contributed by atoms with van der Waals surface area (Å²) in [6.07, 6.45) is 3.30. The van der Waals surface area contributed by atoms with Gasteiger partial charge in [0.2, 0.25) is 5.91 Å². The number of carbonyl (C=O) groups is 2. The highest BCUT2D eigenvalue weighted by Gasteiger charge is 2.46. The Balaban J connectivity index is 1.95. The normalized spacial score (nSPS) is 16.2. The Bertz CT molecular complexity index is 589. The molecular weight excluding hydrogens is 294 g/mol. The van der Waals surface area contributed by atoms with Gasteiger partial charge in [-0.1, -0.05) is 6.07 Å². The van der Waals surface area contributed by atoms with E-state index in [4.69, 9.17) is 4.74 Å². The first-order valence-corrected chi connectivity index (χ1v) is 7.92. The van der Waals surface area contributed by atoms with Crippen molar-refractivity contribution in [3.63, 3.8) is 0 Å². The molecule has 0 aromatic carbocycles. The summed E-state index contributed by atoms with van der Waals surface area (Å²) in [6, 6.07) is 3.81. The lowest BCUT2D eigenvalue weighted by Crippen LogP contribution is -2.63. The summed E-state index contributed by atoms with van der Waals surface area (Å²) in [5.41, 5.74) is 0.407. The van der Waals surface area contributed by atoms with Crippen LogP contribution in [-0.2, 0) is 16.1 Å². The molecule has 1 aliphatic rings. The number of nitrogens with zero attached hydrogens (tertiary/aromatic N) is 1. The fraction of sp³-hybridized carbons (Fsp3) is 0.588. The van der Waals surface area contributed by atoms with Crippen molar-refractivity contribution >= 4 is 12.0 Å². The van der Waals surface area contributed by atoms with Gasteiger partial charge in [0.15, 0.2) is 0 Å². The van der Waals surface area contributed by atoms with Crippen LogP contribution in [0.25, 0.3) is 0 Å². The molecule has 2 rings (SSSR count). The van der Waals surface area contributed by atoms with E-state index in [-0.39, 0.29) is 5.91 Å². The SMILES string of the molecule is Cc1cccnc1CNC(=O)C1(NC(=O)OC(C)(C)C)CCC1. The van der Waals surface area contributed by atoms with Crippen molar-refractivity contribution in [1.29, 1.82) is 0 Å². The van der Waals surface area contributed by atoms with E-state index in [9.17, 15) is 9.59 Å². The Morgan fingerprint density at radius 2 is 2.04 bits per heavy atom. The molecule has 0 aliphatic heterocycles. The van der Waals surface area contributed by atoms with E-state index in [0.29, 0.717) is 19.4 Å². The third kappa shape index (κ3) is 4.43. The van der Waals surface area contributed by atoms with Gasteiger partial charge in [-0.05, 0) is 58.6 Å². The van der Waals surface area contributed by atoms with Gasteiger partial charge in [-0.25, -0.2) is 4.79 Å². The van der Waals surface area contributed by atoms with Crippen LogP contribution in [0, 0.1) is 6.92 Å². The van der Waals surface area contributed by atoms with Gasteiger partial charge in [0.1, 0.15) is 11.1 Å². The molecule has 1 heterocycles. The summed E-state index contributed by atoms with van der Waals surface area (Å²) in [5, 5.41) is 5.62. The fourth-order valence-corrected chi connectivity index (χ4v) is 2.47. The number of rotatable bonds is 4. The summed E-state index contributed by atoms with van der Waals surface area (Å²) < 4.78 is 5.26. The molecule has 1 aromatic rings. The highest BCUT2D eigenvalue weighted by atomic mass is 16.6. The van der Waals surface area contributed by atoms with E-state index in [1.807, 2.05) is 19.1 Å². The van der Waals surface area contributed by atoms with Crippen LogP contribution < -0.4 is 10.6 Å². The van der Waals surface area contributed by atoms with E-state index in [1.165, 1.54) is 0 Å². The summed E-state index contributed by atoms with van der Waals surface area (Å²) >= 11 is 0. The number of aryl methyl sites for hydroxylation is 1. The lowest BCUT2D eigenvalue weighted by atomic mass is 9.76. The molecule has 1 fully saturated rings. The van der Waals surface area contributed by atoms with Crippen molar-refractivity contribution in [3.05, 3.63) is 29.6 Å². The van der Waals surface area contributed by atoms with Crippen molar-refractivity contribution < 1.29 is 14.3 Å². The zero-order chi connectivity index (χ0) is 17.1. The van der Waals surface area contributed by atoms with Crippen molar-refractivity contribution in [2.45, 2.75) is 64.6 Å². The van der Waals surface area contributed by atoms with E-state index < -0.39 is 17.2 Å². The monoisotopic (exact) mass is 319 g/mol. The molecular formula is C17H25N3O3. The molecule has 1 saturated carbocycles. The third-order valence-electron chi connectivity index (χ3n) is 3.92. The third-order valence-corrected chi connectivity index (χ3v) is 3.92. The van der Waals surface area contributed by atoms with Crippen LogP contribution in [0.4, 0.5) is 4.79 Å². The van der Waals surface area contributed by atoms with Crippen LogP contribution in [-0.4, -0.2) is 28.1 Å². The maximum atomic E-state index is 12.5. The molecule has 0 spiro atoms. The predicted octanol–water partition coefficient (Wildman–Crippen LogP) is 2.45. The largest absolute Gasteiger partial charge is 0.444 e. The average molecular weight is 319 g/mol. The van der Waals surface area contributed by atoms with Crippen LogP contribution in [0.15, 0.2) is 18.3 Å². The summed E-state index contributed by atoms with van der Waals surface area (Å²) in [7, 11) is 0. The van der Waals surface area contributed by atoms with Gasteiger partial charge >= 0.3 is 6.09 Å². The standard InChI is InChI=1S/C17H25N3O3/c1-12-7-5-10-18-13(12)11-19-14(21)17(8-6-9-17)20-15(22)23-16(2,3)4/h5,7,10H,6,8-9,11H2,1-4H3,(H,19,21)(H,20,22). The first-order valence-electron chi connectivity index (χ1n) is 7.92. The smallest absolute Gasteiger partial charge is 0.408 e. The fourth-order valence-electron chi connectivity index (χ4n) is 2.47. The topological polar surface area (TPSA) is 80.3 Å². The Hall–Kier alpha value is -2.11. The van der Waals surface area contributed by atoms with Gasteiger partial charge in [0.05, 0.1) is 12.2 Å². The number of nitrogens with one attached hydrogen (secondary N) is 2. The van der Waals surface area contributed by atoms with Gasteiger partial charge in [-0.2, -0.15) is 0 Å². The molecule has 0 bridgehead atoms. The van der Waals surface area contributed by atoms with E-state index >= 15 is 0 Å². The van der Waals surface area contributed by atoms with E-state index in [1.54, 1.807) is 27.0 Å². The summed E-state index contributed by atoms with van der Waals surface area (Å²) in [6.45, 7) is 7.69. The predicted molar refractivity (Wildman–Crippen MR) is 86.8 cm³/mol. The van der Waals surface area contributed by atoms with Crippen molar-refractivity contribution in [2.24, 2.45) is 0 Å². The van der Waals surface area contributed by atoms with Gasteiger partial charge in [-0.15, -0.1) is 0 Å². The lowest BCUT2D eigenvalue weighted by Gasteiger charge is -2.40. The van der Waals surface area contributed by atoms with Crippen LogP contribution in [0.3, 0.4) is 0 Å². The molecule has 2 amide bonds. The first kappa shape index (κ1) is 17.2. The number of amides is 2. The molecule has 6 heteroatoms. The quantitative estimate of drug-likeness (QED) is 0.893. The lowest BCUT2D eigenvalue weighted by molar-refractivity contribution is -0.131. The Morgan fingerprint density at radius 3 is 2.57 bits per heavy atom. The highest BCUT2D eigenvalue weighted by Crippen LogP contribution is 2.32. The van der Waals surface area contributed by atoms with Crippen LogP contribution in [0.2, 0.25) is 0 Å². The summed E-state index contributed by atoms with van der Waals surface area (Å²) in [4.78, 5) is 28.8. The second kappa shape index (κ2) is 6.56. The number of carbonyl (C=O) groups excluding carboxylic acids is 2. The number of hydrogen-bond donors (Lipinski definition) is 2. The maximum absolute atomic E-state index is 12.5. The molecule has 0 unspecified atom stereocenters. The molecule has 2 N–H and O–H groups in total.